The summed E-state index contributed by atoms with van der Waals surface area (Å²) in [6.45, 7) is 4.58. The Balaban J connectivity index is 1.49. The topological polar surface area (TPSA) is 43.4 Å². The van der Waals surface area contributed by atoms with Gasteiger partial charge in [0.2, 0.25) is 0 Å². The van der Waals surface area contributed by atoms with Crippen molar-refractivity contribution in [2.75, 3.05) is 0 Å². The summed E-state index contributed by atoms with van der Waals surface area (Å²) in [5.74, 6) is 3.65. The zero-order valence-electron chi connectivity index (χ0n) is 15.1. The monoisotopic (exact) mass is 330 g/mol. The number of carbonyl (C=O) groups excluding carboxylic acids is 2. The van der Waals surface area contributed by atoms with Crippen molar-refractivity contribution in [3.63, 3.8) is 0 Å². The number of ketones is 1. The second-order valence-electron chi connectivity index (χ2n) is 9.77. The molecule has 5 fully saturated rings. The maximum atomic E-state index is 12.8. The van der Waals surface area contributed by atoms with E-state index in [4.69, 9.17) is 4.74 Å². The molecule has 3 nitrogen and oxygen atoms in total. The molecule has 1 heterocycles. The highest BCUT2D eigenvalue weighted by Crippen LogP contribution is 2.69. The molecule has 3 heteroatoms. The highest BCUT2D eigenvalue weighted by Gasteiger charge is 2.68. The van der Waals surface area contributed by atoms with E-state index in [0.717, 1.165) is 31.6 Å². The van der Waals surface area contributed by atoms with Crippen molar-refractivity contribution in [2.24, 2.45) is 40.4 Å². The fraction of sp³-hybridized carbons (Fsp3) is 0.905. The maximum absolute atomic E-state index is 12.8. The Morgan fingerprint density at radius 1 is 0.958 bits per heavy atom. The van der Waals surface area contributed by atoms with Gasteiger partial charge in [-0.2, -0.15) is 0 Å². The molecule has 1 aliphatic heterocycles. The molecule has 3 unspecified atom stereocenters. The molecular formula is C21H30O3. The van der Waals surface area contributed by atoms with E-state index in [-0.39, 0.29) is 17.5 Å². The summed E-state index contributed by atoms with van der Waals surface area (Å²) in [6.07, 6.45) is 9.88. The van der Waals surface area contributed by atoms with E-state index < -0.39 is 0 Å². The van der Waals surface area contributed by atoms with Crippen molar-refractivity contribution >= 4 is 11.8 Å². The van der Waals surface area contributed by atoms with Gasteiger partial charge in [0.15, 0.2) is 0 Å². The number of carbonyl (C=O) groups is 2. The Labute approximate surface area is 144 Å². The van der Waals surface area contributed by atoms with Crippen molar-refractivity contribution in [1.29, 1.82) is 0 Å². The second-order valence-corrected chi connectivity index (χ2v) is 9.77. The van der Waals surface area contributed by atoms with E-state index in [1.54, 1.807) is 0 Å². The van der Waals surface area contributed by atoms with Crippen LogP contribution in [-0.2, 0) is 14.3 Å². The van der Waals surface area contributed by atoms with Crippen LogP contribution in [-0.4, -0.2) is 17.9 Å². The third kappa shape index (κ3) is 1.69. The van der Waals surface area contributed by atoms with Gasteiger partial charge in [0, 0.05) is 18.8 Å². The van der Waals surface area contributed by atoms with Gasteiger partial charge in [0.05, 0.1) is 5.41 Å². The van der Waals surface area contributed by atoms with E-state index >= 15 is 0 Å². The lowest BCUT2D eigenvalue weighted by Gasteiger charge is -2.59. The minimum atomic E-state index is -0.145. The molecule has 4 aliphatic carbocycles. The first kappa shape index (κ1) is 15.4. The van der Waals surface area contributed by atoms with E-state index in [2.05, 4.69) is 13.8 Å². The summed E-state index contributed by atoms with van der Waals surface area (Å²) in [5.41, 5.74) is 0.193. The number of esters is 1. The highest BCUT2D eigenvalue weighted by molar-refractivity contribution is 5.81. The van der Waals surface area contributed by atoms with Crippen LogP contribution in [0.3, 0.4) is 0 Å². The molecule has 132 valence electrons. The molecule has 4 saturated carbocycles. The Morgan fingerprint density at radius 2 is 1.75 bits per heavy atom. The molecule has 0 aromatic rings. The molecule has 0 bridgehead atoms. The normalized spacial score (nSPS) is 56.1. The van der Waals surface area contributed by atoms with Gasteiger partial charge in [-0.15, -0.1) is 0 Å². The van der Waals surface area contributed by atoms with Crippen LogP contribution in [0.5, 0.6) is 0 Å². The molecule has 0 N–H and O–H groups in total. The van der Waals surface area contributed by atoms with Gasteiger partial charge in [-0.1, -0.05) is 6.92 Å². The van der Waals surface area contributed by atoms with Gasteiger partial charge >= 0.3 is 5.97 Å². The van der Waals surface area contributed by atoms with Gasteiger partial charge < -0.3 is 4.74 Å². The van der Waals surface area contributed by atoms with E-state index in [1.807, 2.05) is 0 Å². The Kier molecular flexibility index (Phi) is 3.12. The first-order chi connectivity index (χ1) is 11.5. The smallest absolute Gasteiger partial charge is 0.313 e. The zero-order valence-corrected chi connectivity index (χ0v) is 15.1. The van der Waals surface area contributed by atoms with Crippen LogP contribution in [0, 0.1) is 40.4 Å². The van der Waals surface area contributed by atoms with Crippen molar-refractivity contribution < 1.29 is 14.3 Å². The predicted octanol–water partition coefficient (Wildman–Crippen LogP) is 4.14. The van der Waals surface area contributed by atoms with Crippen LogP contribution < -0.4 is 0 Å². The highest BCUT2D eigenvalue weighted by atomic mass is 16.6. The fourth-order valence-electron chi connectivity index (χ4n) is 8.18. The number of cyclic esters (lactones) is 1. The number of ether oxygens (including phenoxy) is 1. The predicted molar refractivity (Wildman–Crippen MR) is 90.1 cm³/mol. The number of fused-ring (bicyclic) bond motifs is 4. The lowest BCUT2D eigenvalue weighted by Crippen LogP contribution is -2.55. The first-order valence-corrected chi connectivity index (χ1v) is 10.2. The van der Waals surface area contributed by atoms with E-state index in [0.29, 0.717) is 34.9 Å². The van der Waals surface area contributed by atoms with E-state index in [9.17, 15) is 9.59 Å². The maximum Gasteiger partial charge on any atom is 0.313 e. The van der Waals surface area contributed by atoms with Crippen LogP contribution in [0.2, 0.25) is 0 Å². The third-order valence-corrected chi connectivity index (χ3v) is 9.30. The Morgan fingerprint density at radius 3 is 2.58 bits per heavy atom. The number of rotatable bonds is 0. The Hall–Kier alpha value is -0.860. The fourth-order valence-corrected chi connectivity index (χ4v) is 8.18. The zero-order chi connectivity index (χ0) is 16.7. The molecule has 24 heavy (non-hydrogen) atoms. The summed E-state index contributed by atoms with van der Waals surface area (Å²) in [7, 11) is 0. The molecule has 5 rings (SSSR count). The summed E-state index contributed by atoms with van der Waals surface area (Å²) in [5, 5.41) is 0. The molecule has 0 aromatic heterocycles. The van der Waals surface area contributed by atoms with Crippen LogP contribution in [0.4, 0.5) is 0 Å². The molecule has 0 amide bonds. The number of hydrogen-bond acceptors (Lipinski definition) is 3. The van der Waals surface area contributed by atoms with Crippen molar-refractivity contribution in [3.05, 3.63) is 0 Å². The van der Waals surface area contributed by atoms with Crippen LogP contribution in [0.1, 0.15) is 71.6 Å². The molecule has 0 aromatic carbocycles. The van der Waals surface area contributed by atoms with Crippen molar-refractivity contribution in [3.8, 4) is 0 Å². The van der Waals surface area contributed by atoms with Gasteiger partial charge in [-0.3, -0.25) is 9.59 Å². The quantitative estimate of drug-likeness (QED) is 0.627. The molecule has 1 saturated heterocycles. The lowest BCUT2D eigenvalue weighted by atomic mass is 9.44. The summed E-state index contributed by atoms with van der Waals surface area (Å²) in [4.78, 5) is 24.8. The van der Waals surface area contributed by atoms with Gasteiger partial charge in [0.25, 0.3) is 0 Å². The third-order valence-electron chi connectivity index (χ3n) is 9.30. The van der Waals surface area contributed by atoms with Crippen molar-refractivity contribution in [1.82, 2.24) is 0 Å². The summed E-state index contributed by atoms with van der Waals surface area (Å²) in [6, 6.07) is 0. The minimum absolute atomic E-state index is 0.123. The first-order valence-electron chi connectivity index (χ1n) is 10.2. The number of Topliss-reactive ketones (excluding diaryl/α,β-unsaturated/α-hetero) is 1. The number of hydrogen-bond donors (Lipinski definition) is 0. The van der Waals surface area contributed by atoms with Gasteiger partial charge in [0.1, 0.15) is 11.9 Å². The standard InChI is InChI=1S/C21H30O3/c1-12-16-5-6-18-15-4-3-13-11-14(22)7-9-20(13,2)17(15)8-10-21(16,18)19(23)24-12/h12-13,15-18H,3-11H2,1-2H3/t12-,13+,15-,16?,17+,18+,20?,21?/m1/s1. The lowest BCUT2D eigenvalue weighted by molar-refractivity contribution is -0.162. The minimum Gasteiger partial charge on any atom is -0.462 e. The Bertz CT molecular complexity index is 598. The largest absolute Gasteiger partial charge is 0.462 e. The van der Waals surface area contributed by atoms with Gasteiger partial charge in [-0.05, 0) is 81.0 Å². The summed E-state index contributed by atoms with van der Waals surface area (Å²) < 4.78 is 5.73. The molecule has 8 atom stereocenters. The van der Waals surface area contributed by atoms with Crippen molar-refractivity contribution in [2.45, 2.75) is 77.7 Å². The van der Waals surface area contributed by atoms with E-state index in [1.165, 1.54) is 32.1 Å². The van der Waals surface area contributed by atoms with Crippen LogP contribution in [0.25, 0.3) is 0 Å². The molecular weight excluding hydrogens is 300 g/mol. The average Bonchev–Trinajstić information content (AvgIpc) is 3.05. The summed E-state index contributed by atoms with van der Waals surface area (Å²) >= 11 is 0. The molecule has 0 radical (unpaired) electrons. The second kappa shape index (κ2) is 4.86. The van der Waals surface area contributed by atoms with Gasteiger partial charge in [-0.25, -0.2) is 0 Å². The van der Waals surface area contributed by atoms with Crippen LogP contribution >= 0.6 is 0 Å². The molecule has 1 spiro atoms. The molecule has 5 aliphatic rings. The average molecular weight is 330 g/mol. The SMILES string of the molecule is C[C@H]1OC(=O)C23CC[C@H]4[C@@H](CC[C@H]5CC(=O)CCC54C)[C@@H]2CCC13. The van der Waals surface area contributed by atoms with Crippen LogP contribution in [0.15, 0.2) is 0 Å².